The van der Waals surface area contributed by atoms with Crippen molar-refractivity contribution < 1.29 is 28.5 Å². The van der Waals surface area contributed by atoms with Gasteiger partial charge in [0.1, 0.15) is 27.3 Å². The van der Waals surface area contributed by atoms with Crippen molar-refractivity contribution >= 4 is 101 Å². The molecular weight excluding hydrogens is 1040 g/mol. The van der Waals surface area contributed by atoms with E-state index < -0.39 is 33.4 Å². The van der Waals surface area contributed by atoms with Crippen LogP contribution in [0.25, 0.3) is 44.0 Å². The van der Waals surface area contributed by atoms with E-state index in [1.165, 1.54) is 15.3 Å². The van der Waals surface area contributed by atoms with E-state index in [0.29, 0.717) is 22.4 Å². The van der Waals surface area contributed by atoms with E-state index in [0.717, 1.165) is 42.3 Å². The second-order valence-corrected chi connectivity index (χ2v) is 30.3. The fraction of sp³-hybridized carbons (Fsp3) is 0.264. The van der Waals surface area contributed by atoms with E-state index in [2.05, 4.69) is 121 Å². The van der Waals surface area contributed by atoms with E-state index in [1.807, 2.05) is 81.7 Å². The Morgan fingerprint density at radius 2 is 1.25 bits per heavy atom. The van der Waals surface area contributed by atoms with Gasteiger partial charge >= 0.3 is 23.5 Å². The number of para-hydroxylation sites is 1. The van der Waals surface area contributed by atoms with Gasteiger partial charge in [0.25, 0.3) is 0 Å². The van der Waals surface area contributed by atoms with Crippen molar-refractivity contribution in [2.24, 2.45) is 0 Å². The number of Topliss-reactive ketones (excluding diaryl/α,β-unsaturated/α-hetero) is 1. The van der Waals surface area contributed by atoms with Crippen molar-refractivity contribution in [2.45, 2.75) is 92.0 Å². The fourth-order valence-electron chi connectivity index (χ4n) is 5.93. The van der Waals surface area contributed by atoms with Gasteiger partial charge in [-0.25, -0.2) is 24.1 Å². The first-order valence-corrected chi connectivity index (χ1v) is 30.2. The topological polar surface area (TPSA) is 192 Å². The average molecular weight is 1100 g/mol. The van der Waals surface area contributed by atoms with Gasteiger partial charge in [0.15, 0.2) is 0 Å². The van der Waals surface area contributed by atoms with Gasteiger partial charge in [-0.15, -0.1) is 17.5 Å². The SMILES string of the molecule is C#C[Si](C)(C)C.CC(C)(C)OC(=O)n1cc(C(=O)C#C[Si](C)(C)C)c2ccncc21.CC(C)(C)OC(=O)n1cc(I)c2ccncc21.[C-]#[O+].c1ccc(Nc2nccc(-c3c[nH]c4cnccc34)n2)cc1. The molecule has 0 amide bonds. The number of rotatable bonds is 4. The first kappa shape index (κ1) is 56.4. The van der Waals surface area contributed by atoms with Crippen molar-refractivity contribution in [3.05, 3.63) is 132 Å². The summed E-state index contributed by atoms with van der Waals surface area (Å²) < 4.78 is 22.1. The fourth-order valence-corrected chi connectivity index (χ4v) is 7.15. The van der Waals surface area contributed by atoms with Gasteiger partial charge in [-0.1, -0.05) is 57.5 Å². The van der Waals surface area contributed by atoms with E-state index >= 15 is 0 Å². The smallest absolute Gasteiger partial charge is 0.227 e. The Bertz CT molecular complexity index is 3250. The summed E-state index contributed by atoms with van der Waals surface area (Å²) >= 11 is 2.19. The van der Waals surface area contributed by atoms with Gasteiger partial charge in [-0.3, -0.25) is 24.3 Å². The van der Waals surface area contributed by atoms with Crippen LogP contribution in [0.4, 0.5) is 21.2 Å². The molecule has 0 saturated heterocycles. The van der Waals surface area contributed by atoms with Crippen LogP contribution in [0, 0.1) is 33.7 Å². The van der Waals surface area contributed by atoms with Gasteiger partial charge in [0.2, 0.25) is 11.7 Å². The predicted molar refractivity (Wildman–Crippen MR) is 294 cm³/mol. The molecule has 15 nitrogen and oxygen atoms in total. The maximum absolute atomic E-state index is 12.5. The van der Waals surface area contributed by atoms with Crippen LogP contribution in [0.5, 0.6) is 0 Å². The summed E-state index contributed by atoms with van der Waals surface area (Å²) in [6, 6.07) is 17.4. The number of hydrogen-bond donors (Lipinski definition) is 2. The number of ketones is 1. The maximum atomic E-state index is 12.5. The van der Waals surface area contributed by atoms with Crippen LogP contribution >= 0.6 is 22.6 Å². The summed E-state index contributed by atoms with van der Waals surface area (Å²) in [5.41, 5.74) is 10.2. The number of halogens is 1. The average Bonchev–Trinajstić information content (AvgIpc) is 4.03. The number of aromatic amines is 1. The largest absolute Gasteiger partial charge is 0.359 e. The van der Waals surface area contributed by atoms with Crippen molar-refractivity contribution in [3.8, 4) is 34.7 Å². The van der Waals surface area contributed by atoms with E-state index in [4.69, 9.17) is 20.5 Å². The minimum atomic E-state index is -1.66. The van der Waals surface area contributed by atoms with E-state index in [9.17, 15) is 14.4 Å². The number of anilines is 2. The number of H-pyrrole nitrogens is 1. The number of carbonyl (C=O) groups excluding carboxylic acids is 3. The summed E-state index contributed by atoms with van der Waals surface area (Å²) in [5.74, 6) is 3.00. The summed E-state index contributed by atoms with van der Waals surface area (Å²) in [6.07, 6.45) is 21.3. The zero-order chi connectivity index (χ0) is 52.7. The molecule has 18 heteroatoms. The van der Waals surface area contributed by atoms with Gasteiger partial charge < -0.3 is 19.8 Å². The monoisotopic (exact) mass is 1100 g/mol. The Kier molecular flexibility index (Phi) is 19.5. The number of carbonyl (C=O) groups is 3. The molecule has 0 aliphatic rings. The Labute approximate surface area is 430 Å². The molecule has 0 radical (unpaired) electrons. The van der Waals surface area contributed by atoms with Crippen LogP contribution in [0.2, 0.25) is 39.3 Å². The van der Waals surface area contributed by atoms with Crippen LogP contribution in [0.1, 0.15) is 51.9 Å². The molecule has 7 aromatic heterocycles. The first-order valence-electron chi connectivity index (χ1n) is 22.2. The van der Waals surface area contributed by atoms with Crippen LogP contribution in [0.3, 0.4) is 0 Å². The second-order valence-electron chi connectivity index (χ2n) is 19.6. The molecule has 8 rings (SSSR count). The van der Waals surface area contributed by atoms with Crippen molar-refractivity contribution in [2.75, 3.05) is 5.32 Å². The Morgan fingerprint density at radius 1 is 0.732 bits per heavy atom. The molecule has 0 spiro atoms. The molecule has 1 aromatic carbocycles. The molecule has 0 aliphatic heterocycles. The molecule has 7 heterocycles. The third-order valence-corrected chi connectivity index (χ3v) is 11.6. The number of fused-ring (bicyclic) bond motifs is 3. The molecule has 0 aliphatic carbocycles. The summed E-state index contributed by atoms with van der Waals surface area (Å²) in [7, 11) is -2.76. The third kappa shape index (κ3) is 17.3. The van der Waals surface area contributed by atoms with Crippen LogP contribution in [0.15, 0.2) is 117 Å². The number of benzene rings is 1. The third-order valence-electron chi connectivity index (χ3n) is 9.02. The number of pyridine rings is 3. The number of nitrogens with one attached hydrogen (secondary N) is 2. The molecule has 0 unspecified atom stereocenters. The quantitative estimate of drug-likeness (QED) is 0.0426. The minimum absolute atomic E-state index is 0.295. The van der Waals surface area contributed by atoms with E-state index in [-0.39, 0.29) is 11.9 Å². The molecule has 366 valence electrons. The molecule has 0 saturated carbocycles. The number of aromatic nitrogens is 8. The summed E-state index contributed by atoms with van der Waals surface area (Å²) in [5, 5.41) is 5.96. The van der Waals surface area contributed by atoms with Crippen molar-refractivity contribution in [3.63, 3.8) is 0 Å². The van der Waals surface area contributed by atoms with Gasteiger partial charge in [0.05, 0.1) is 46.4 Å². The van der Waals surface area contributed by atoms with Crippen molar-refractivity contribution in [1.82, 2.24) is 39.0 Å². The Balaban J connectivity index is 0.000000217. The number of hydrogen-bond acceptors (Lipinski definition) is 11. The standard InChI is InChI=1S/C18H22N2O3Si.C17H13N5.C12H13IN2O2.C5H10Si.CO/c1-18(2,3)23-17(22)20-12-14(13-7-9-19-11-15(13)20)16(21)8-10-24(4,5)6;1-2-4-12(5-3-1)21-17-19-9-7-15(22-17)14-10-20-16-11-18-8-6-13(14)16;1-12(2,3)17-11(16)15-7-9(13)8-4-5-14-6-10(8)15;1-5-6(2,3)4;1-2/h7,9,11-12H,1-6H3;1-11,20H,(H,19,21,22);4-7H,1-3H3;1H,2-4H3;. The number of ether oxygens (including phenoxy) is 2. The maximum Gasteiger partial charge on any atom is 0.227 e. The zero-order valence-corrected chi connectivity index (χ0v) is 46.2. The van der Waals surface area contributed by atoms with Crippen LogP contribution in [-0.2, 0) is 14.1 Å². The number of terminal acetylenes is 1. The molecule has 8 aromatic rings. The molecular formula is C53H58IN9O6Si2. The van der Waals surface area contributed by atoms with Gasteiger partial charge in [0, 0.05) is 74.4 Å². The zero-order valence-electron chi connectivity index (χ0n) is 42.0. The first-order chi connectivity index (χ1) is 33.3. The van der Waals surface area contributed by atoms with Crippen molar-refractivity contribution in [1.29, 1.82) is 0 Å². The van der Waals surface area contributed by atoms with Gasteiger partial charge in [-0.05, 0) is 106 Å². The number of nitrogens with zero attached hydrogens (tertiary/aromatic N) is 7. The van der Waals surface area contributed by atoms with Crippen LogP contribution < -0.4 is 5.32 Å². The summed E-state index contributed by atoms with van der Waals surface area (Å²) in [4.78, 5) is 61.2. The molecule has 0 bridgehead atoms. The van der Waals surface area contributed by atoms with E-state index in [1.54, 1.807) is 70.2 Å². The summed E-state index contributed by atoms with van der Waals surface area (Å²) in [6.45, 7) is 28.1. The predicted octanol–water partition coefficient (Wildman–Crippen LogP) is 12.5. The Morgan fingerprint density at radius 3 is 1.80 bits per heavy atom. The molecule has 71 heavy (non-hydrogen) atoms. The Hall–Kier alpha value is -7.20. The second kappa shape index (κ2) is 24.6. The molecule has 0 fully saturated rings. The molecule has 2 N–H and O–H groups in total. The minimum Gasteiger partial charge on any atom is -0.359 e. The normalized spacial score (nSPS) is 11.0. The van der Waals surface area contributed by atoms with Crippen LogP contribution in [-0.4, -0.2) is 84.4 Å². The van der Waals surface area contributed by atoms with Gasteiger partial charge in [-0.2, -0.15) is 0 Å². The molecule has 0 atom stereocenters.